The molecule has 0 aliphatic heterocycles. The smallest absolute Gasteiger partial charge is 0.264 e. The first-order chi connectivity index (χ1) is 20.6. The second-order valence-electron chi connectivity index (χ2n) is 10.6. The Hall–Kier alpha value is -4.14. The summed E-state index contributed by atoms with van der Waals surface area (Å²) in [7, 11) is -4.18. The first-order valence-corrected chi connectivity index (χ1v) is 15.9. The molecule has 2 amide bonds. The molecular formula is C34H36ClN3O4S. The third kappa shape index (κ3) is 8.24. The lowest BCUT2D eigenvalue weighted by atomic mass is 10.0. The third-order valence-corrected chi connectivity index (χ3v) is 9.15. The van der Waals surface area contributed by atoms with E-state index in [2.05, 4.69) is 5.32 Å². The molecule has 4 aromatic carbocycles. The summed E-state index contributed by atoms with van der Waals surface area (Å²) in [6, 6.07) is 30.6. The first kappa shape index (κ1) is 31.8. The van der Waals surface area contributed by atoms with Crippen LogP contribution < -0.4 is 9.62 Å². The summed E-state index contributed by atoms with van der Waals surface area (Å²) in [5.41, 5.74) is 2.70. The lowest BCUT2D eigenvalue weighted by Crippen LogP contribution is -2.54. The van der Waals surface area contributed by atoms with Crippen LogP contribution in [0, 0.1) is 6.92 Å². The number of sulfonamides is 1. The van der Waals surface area contributed by atoms with Gasteiger partial charge in [-0.3, -0.25) is 13.9 Å². The Morgan fingerprint density at radius 3 is 1.93 bits per heavy atom. The minimum Gasteiger partial charge on any atom is -0.352 e. The molecule has 0 radical (unpaired) electrons. The Morgan fingerprint density at radius 1 is 0.814 bits per heavy atom. The van der Waals surface area contributed by atoms with Crippen molar-refractivity contribution in [2.75, 3.05) is 10.8 Å². The summed E-state index contributed by atoms with van der Waals surface area (Å²) in [4.78, 5) is 29.6. The molecule has 1 atom stereocenters. The van der Waals surface area contributed by atoms with Crippen molar-refractivity contribution in [2.24, 2.45) is 0 Å². The number of halogens is 1. The van der Waals surface area contributed by atoms with E-state index in [9.17, 15) is 18.0 Å². The van der Waals surface area contributed by atoms with Crippen molar-refractivity contribution in [1.29, 1.82) is 0 Å². The average molecular weight is 618 g/mol. The molecule has 9 heteroatoms. The summed E-state index contributed by atoms with van der Waals surface area (Å²) >= 11 is 6.42. The predicted molar refractivity (Wildman–Crippen MR) is 171 cm³/mol. The van der Waals surface area contributed by atoms with Crippen LogP contribution in [-0.2, 0) is 32.6 Å². The van der Waals surface area contributed by atoms with Crippen LogP contribution >= 0.6 is 11.6 Å². The highest BCUT2D eigenvalue weighted by Crippen LogP contribution is 2.29. The summed E-state index contributed by atoms with van der Waals surface area (Å²) in [5, 5.41) is 3.33. The minimum atomic E-state index is -4.18. The van der Waals surface area contributed by atoms with Crippen LogP contribution in [-0.4, -0.2) is 43.8 Å². The van der Waals surface area contributed by atoms with E-state index in [4.69, 9.17) is 11.6 Å². The molecule has 224 valence electrons. The van der Waals surface area contributed by atoms with Gasteiger partial charge in [0.1, 0.15) is 12.6 Å². The molecular weight excluding hydrogens is 582 g/mol. The van der Waals surface area contributed by atoms with E-state index >= 15 is 0 Å². The molecule has 1 unspecified atom stereocenters. The summed E-state index contributed by atoms with van der Waals surface area (Å²) in [6.45, 7) is 5.10. The number of carbonyl (C=O) groups excluding carboxylic acids is 2. The van der Waals surface area contributed by atoms with Gasteiger partial charge in [0.05, 0.1) is 10.6 Å². The lowest BCUT2D eigenvalue weighted by molar-refractivity contribution is -0.140. The fourth-order valence-electron chi connectivity index (χ4n) is 4.70. The summed E-state index contributed by atoms with van der Waals surface area (Å²) in [6.07, 6.45) is 0.250. The van der Waals surface area contributed by atoms with E-state index in [1.165, 1.54) is 17.0 Å². The Morgan fingerprint density at radius 2 is 1.37 bits per heavy atom. The summed E-state index contributed by atoms with van der Waals surface area (Å²) < 4.78 is 29.1. The maximum atomic E-state index is 14.4. The highest BCUT2D eigenvalue weighted by Gasteiger charge is 2.34. The van der Waals surface area contributed by atoms with Gasteiger partial charge < -0.3 is 10.2 Å². The molecule has 7 nitrogen and oxygen atoms in total. The number of aryl methyl sites for hydroxylation is 1. The molecule has 0 bridgehead atoms. The quantitative estimate of drug-likeness (QED) is 0.211. The maximum Gasteiger partial charge on any atom is 0.264 e. The van der Waals surface area contributed by atoms with Crippen LogP contribution in [0.4, 0.5) is 5.69 Å². The molecule has 4 aromatic rings. The van der Waals surface area contributed by atoms with Gasteiger partial charge >= 0.3 is 0 Å². The first-order valence-electron chi connectivity index (χ1n) is 14.1. The molecule has 0 saturated heterocycles. The molecule has 4 rings (SSSR count). The number of hydrogen-bond donors (Lipinski definition) is 1. The van der Waals surface area contributed by atoms with Crippen LogP contribution in [0.1, 0.15) is 30.5 Å². The Kier molecular flexibility index (Phi) is 10.6. The van der Waals surface area contributed by atoms with E-state index < -0.39 is 28.5 Å². The number of anilines is 1. The Balaban J connectivity index is 1.80. The van der Waals surface area contributed by atoms with Crippen LogP contribution in [0.25, 0.3) is 0 Å². The van der Waals surface area contributed by atoms with Gasteiger partial charge in [-0.05, 0) is 61.7 Å². The Labute approximate surface area is 259 Å². The third-order valence-electron chi connectivity index (χ3n) is 6.95. The number of amides is 2. The molecule has 0 aliphatic carbocycles. The normalized spacial score (nSPS) is 12.0. The zero-order chi connectivity index (χ0) is 31.0. The average Bonchev–Trinajstić information content (AvgIpc) is 3.00. The molecule has 1 N–H and O–H groups in total. The van der Waals surface area contributed by atoms with Crippen molar-refractivity contribution < 1.29 is 18.0 Å². The molecule has 0 fully saturated rings. The van der Waals surface area contributed by atoms with Crippen LogP contribution in [0.15, 0.2) is 114 Å². The van der Waals surface area contributed by atoms with Crippen LogP contribution in [0.2, 0.25) is 5.02 Å². The number of nitrogens with zero attached hydrogens (tertiary/aromatic N) is 2. The van der Waals surface area contributed by atoms with E-state index in [1.807, 2.05) is 81.4 Å². The van der Waals surface area contributed by atoms with Gasteiger partial charge in [0.2, 0.25) is 11.8 Å². The van der Waals surface area contributed by atoms with E-state index in [0.29, 0.717) is 5.02 Å². The van der Waals surface area contributed by atoms with Crippen molar-refractivity contribution >= 4 is 39.1 Å². The van der Waals surface area contributed by atoms with Crippen molar-refractivity contribution in [3.8, 4) is 0 Å². The van der Waals surface area contributed by atoms with Gasteiger partial charge in [0, 0.05) is 24.0 Å². The SMILES string of the molecule is Cc1ccc(N(CC(=O)N(Cc2ccccc2)C(Cc2ccccc2)C(=O)NC(C)C)S(=O)(=O)c2ccccc2)cc1Cl. The van der Waals surface area contributed by atoms with Crippen molar-refractivity contribution in [1.82, 2.24) is 10.2 Å². The molecule has 0 aliphatic rings. The van der Waals surface area contributed by atoms with E-state index in [1.54, 1.807) is 36.4 Å². The fourth-order valence-corrected chi connectivity index (χ4v) is 6.30. The largest absolute Gasteiger partial charge is 0.352 e. The van der Waals surface area contributed by atoms with Crippen LogP contribution in [0.5, 0.6) is 0 Å². The summed E-state index contributed by atoms with van der Waals surface area (Å²) in [5.74, 6) is -0.848. The molecule has 0 aromatic heterocycles. The van der Waals surface area contributed by atoms with Crippen molar-refractivity contribution in [3.63, 3.8) is 0 Å². The number of carbonyl (C=O) groups is 2. The van der Waals surface area contributed by atoms with E-state index in [0.717, 1.165) is 21.0 Å². The standard InChI is InChI=1S/C34H36ClN3O4S/c1-25(2)36-34(40)32(21-27-13-7-4-8-14-27)37(23-28-15-9-5-10-16-28)33(39)24-38(29-20-19-26(3)31(35)22-29)43(41,42)30-17-11-6-12-18-30/h4-20,22,25,32H,21,23-24H2,1-3H3,(H,36,40). The monoisotopic (exact) mass is 617 g/mol. The van der Waals surface area contributed by atoms with E-state index in [-0.39, 0.29) is 35.5 Å². The molecule has 0 saturated carbocycles. The van der Waals surface area contributed by atoms with Gasteiger partial charge in [-0.25, -0.2) is 8.42 Å². The van der Waals surface area contributed by atoms with Crippen molar-refractivity contribution in [2.45, 2.75) is 50.7 Å². The van der Waals surface area contributed by atoms with Gasteiger partial charge in [-0.1, -0.05) is 96.5 Å². The number of rotatable bonds is 12. The molecule has 0 spiro atoms. The van der Waals surface area contributed by atoms with Gasteiger partial charge in [0.15, 0.2) is 0 Å². The maximum absolute atomic E-state index is 14.4. The lowest BCUT2D eigenvalue weighted by Gasteiger charge is -2.34. The molecule has 43 heavy (non-hydrogen) atoms. The highest BCUT2D eigenvalue weighted by molar-refractivity contribution is 7.92. The topological polar surface area (TPSA) is 86.8 Å². The number of benzene rings is 4. The fraction of sp³-hybridized carbons (Fsp3) is 0.235. The Bertz CT molecular complexity index is 1630. The van der Waals surface area contributed by atoms with Crippen molar-refractivity contribution in [3.05, 3.63) is 131 Å². The zero-order valence-electron chi connectivity index (χ0n) is 24.5. The van der Waals surface area contributed by atoms with Gasteiger partial charge in [-0.2, -0.15) is 0 Å². The second-order valence-corrected chi connectivity index (χ2v) is 12.9. The number of hydrogen-bond acceptors (Lipinski definition) is 4. The highest BCUT2D eigenvalue weighted by atomic mass is 35.5. The number of nitrogens with one attached hydrogen (secondary N) is 1. The second kappa shape index (κ2) is 14.4. The minimum absolute atomic E-state index is 0.0347. The zero-order valence-corrected chi connectivity index (χ0v) is 26.1. The van der Waals surface area contributed by atoms with Gasteiger partial charge in [-0.15, -0.1) is 0 Å². The predicted octanol–water partition coefficient (Wildman–Crippen LogP) is 6.01. The molecule has 0 heterocycles. The van der Waals surface area contributed by atoms with Gasteiger partial charge in [0.25, 0.3) is 10.0 Å². The van der Waals surface area contributed by atoms with Crippen LogP contribution in [0.3, 0.4) is 0 Å².